The zero-order valence-electron chi connectivity index (χ0n) is 15.4. The Labute approximate surface area is 164 Å². The van der Waals surface area contributed by atoms with E-state index >= 15 is 0 Å². The number of pyridine rings is 1. The van der Waals surface area contributed by atoms with Gasteiger partial charge in [-0.2, -0.15) is 0 Å². The predicted molar refractivity (Wildman–Crippen MR) is 103 cm³/mol. The van der Waals surface area contributed by atoms with Gasteiger partial charge in [0.15, 0.2) is 0 Å². The predicted octanol–water partition coefficient (Wildman–Crippen LogP) is 1.25. The molecule has 1 aromatic heterocycles. The first-order chi connectivity index (χ1) is 12.8. The van der Waals surface area contributed by atoms with Gasteiger partial charge in [0.1, 0.15) is 15.5 Å². The third-order valence-electron chi connectivity index (χ3n) is 3.25. The van der Waals surface area contributed by atoms with E-state index in [9.17, 15) is 21.6 Å². The molecule has 0 saturated carbocycles. The molecule has 148 valence electrons. The summed E-state index contributed by atoms with van der Waals surface area (Å²) >= 11 is 0. The van der Waals surface area contributed by atoms with Crippen LogP contribution in [-0.2, 0) is 20.0 Å². The molecule has 0 bridgehead atoms. The summed E-state index contributed by atoms with van der Waals surface area (Å²) in [6, 6.07) is 7.56. The van der Waals surface area contributed by atoms with E-state index in [0.29, 0.717) is 5.56 Å². The first-order valence-corrected chi connectivity index (χ1v) is 11.0. The van der Waals surface area contributed by atoms with Crippen LogP contribution in [0.2, 0.25) is 0 Å². The molecule has 1 amide bonds. The summed E-state index contributed by atoms with van der Waals surface area (Å²) in [5, 5.41) is 5.04. The van der Waals surface area contributed by atoms with Crippen molar-refractivity contribution in [1.82, 2.24) is 9.71 Å². The normalized spacial score (nSPS) is 12.0. The number of amides is 1. The van der Waals surface area contributed by atoms with Crippen LogP contribution in [0.25, 0.3) is 0 Å². The number of primary sulfonamides is 1. The summed E-state index contributed by atoms with van der Waals surface area (Å²) in [6.07, 6.45) is 1.35. The monoisotopic (exact) mass is 421 g/mol. The van der Waals surface area contributed by atoms with Crippen molar-refractivity contribution >= 4 is 26.0 Å². The van der Waals surface area contributed by atoms with Gasteiger partial charge in [0.25, 0.3) is 15.9 Å². The maximum atomic E-state index is 12.5. The largest absolute Gasteiger partial charge is 0.283 e. The van der Waals surface area contributed by atoms with Gasteiger partial charge in [0, 0.05) is 17.2 Å². The summed E-state index contributed by atoms with van der Waals surface area (Å²) in [4.78, 5) is 14.9. The van der Waals surface area contributed by atoms with E-state index in [0.717, 1.165) is 12.1 Å². The molecule has 0 aliphatic carbocycles. The van der Waals surface area contributed by atoms with Crippen LogP contribution < -0.4 is 9.86 Å². The molecule has 2 rings (SSSR count). The highest BCUT2D eigenvalue weighted by molar-refractivity contribution is 7.92. The number of hydrogen-bond acceptors (Lipinski definition) is 6. The van der Waals surface area contributed by atoms with E-state index in [2.05, 4.69) is 16.8 Å². The Morgan fingerprint density at radius 2 is 1.64 bits per heavy atom. The fourth-order valence-corrected chi connectivity index (χ4v) is 4.34. The molecule has 0 spiro atoms. The lowest BCUT2D eigenvalue weighted by molar-refractivity contribution is 0.0976. The lowest BCUT2D eigenvalue weighted by Gasteiger charge is -2.10. The van der Waals surface area contributed by atoms with Gasteiger partial charge in [0.05, 0.1) is 0 Å². The topological polar surface area (TPSA) is 136 Å². The fourth-order valence-electron chi connectivity index (χ4n) is 2.00. The lowest BCUT2D eigenvalue weighted by Crippen LogP contribution is -2.32. The number of sulfonamides is 2. The van der Waals surface area contributed by atoms with Crippen LogP contribution in [0, 0.1) is 17.3 Å². The Hall–Kier alpha value is -2.74. The van der Waals surface area contributed by atoms with Crippen LogP contribution in [0.5, 0.6) is 0 Å². The van der Waals surface area contributed by atoms with Crippen molar-refractivity contribution in [1.29, 1.82) is 0 Å². The fraction of sp³-hybridized carbons (Fsp3) is 0.222. The average molecular weight is 422 g/mol. The summed E-state index contributed by atoms with van der Waals surface area (Å²) in [5.74, 6) is 4.90. The number of nitrogens with one attached hydrogen (secondary N) is 1. The minimum absolute atomic E-state index is 0.169. The van der Waals surface area contributed by atoms with E-state index in [1.165, 1.54) is 30.5 Å². The maximum Gasteiger partial charge on any atom is 0.283 e. The second-order valence-corrected chi connectivity index (χ2v) is 10.0. The molecule has 0 atom stereocenters. The molecule has 1 heterocycles. The third-order valence-corrected chi connectivity index (χ3v) is 5.74. The lowest BCUT2D eigenvalue weighted by atomic mass is 9.97. The number of carbonyl (C=O) groups excluding carboxylic acids is 1. The van der Waals surface area contributed by atoms with Crippen molar-refractivity contribution in [3.05, 3.63) is 53.9 Å². The van der Waals surface area contributed by atoms with Gasteiger partial charge in [-0.3, -0.25) is 4.79 Å². The maximum absolute atomic E-state index is 12.5. The van der Waals surface area contributed by atoms with Crippen LogP contribution in [0.3, 0.4) is 0 Å². The first-order valence-electron chi connectivity index (χ1n) is 7.98. The van der Waals surface area contributed by atoms with Gasteiger partial charge < -0.3 is 0 Å². The Bertz CT molecular complexity index is 1170. The number of carbonyl (C=O) groups is 1. The summed E-state index contributed by atoms with van der Waals surface area (Å²) in [7, 11) is -8.79. The average Bonchev–Trinajstić information content (AvgIpc) is 2.58. The molecule has 0 aliphatic rings. The summed E-state index contributed by atoms with van der Waals surface area (Å²) in [5.41, 5.74) is 0.188. The zero-order valence-corrected chi connectivity index (χ0v) is 17.1. The van der Waals surface area contributed by atoms with E-state index in [-0.39, 0.29) is 11.1 Å². The highest BCUT2D eigenvalue weighted by atomic mass is 32.2. The van der Waals surface area contributed by atoms with E-state index < -0.39 is 35.7 Å². The van der Waals surface area contributed by atoms with E-state index in [1.807, 2.05) is 20.8 Å². The molecule has 8 nitrogen and oxygen atoms in total. The molecule has 0 saturated heterocycles. The summed E-state index contributed by atoms with van der Waals surface area (Å²) < 4.78 is 49.9. The molecule has 28 heavy (non-hydrogen) atoms. The molecular weight excluding hydrogens is 402 g/mol. The van der Waals surface area contributed by atoms with Gasteiger partial charge in [-0.1, -0.05) is 24.0 Å². The molecular formula is C18H19N3O5S2. The minimum atomic E-state index is -4.49. The van der Waals surface area contributed by atoms with Crippen molar-refractivity contribution in [3.8, 4) is 11.8 Å². The number of aromatic nitrogens is 1. The van der Waals surface area contributed by atoms with Gasteiger partial charge >= 0.3 is 0 Å². The van der Waals surface area contributed by atoms with Gasteiger partial charge in [0.2, 0.25) is 10.0 Å². The van der Waals surface area contributed by atoms with Crippen LogP contribution in [0.4, 0.5) is 0 Å². The van der Waals surface area contributed by atoms with Gasteiger partial charge in [-0.15, -0.1) is 0 Å². The zero-order chi connectivity index (χ0) is 21.2. The molecule has 10 heteroatoms. The standard InChI is InChI=1S/C18H19N3O5S2/c1-18(2,3)11-10-13-8-9-14(20-12-13)17(22)21-28(25,26)16-7-5-4-6-15(16)27(19,23)24/h4-9,12H,1-3H3,(H,21,22)(H2,19,23,24). The highest BCUT2D eigenvalue weighted by Crippen LogP contribution is 2.19. The quantitative estimate of drug-likeness (QED) is 0.713. The number of nitrogens with two attached hydrogens (primary N) is 1. The summed E-state index contributed by atoms with van der Waals surface area (Å²) in [6.45, 7) is 5.83. The Kier molecular flexibility index (Phi) is 5.94. The number of nitrogens with zero attached hydrogens (tertiary/aromatic N) is 1. The van der Waals surface area contributed by atoms with Gasteiger partial charge in [-0.05, 0) is 45.0 Å². The molecule has 0 unspecified atom stereocenters. The van der Waals surface area contributed by atoms with Crippen molar-refractivity contribution < 1.29 is 21.6 Å². The van der Waals surface area contributed by atoms with Crippen molar-refractivity contribution in [2.45, 2.75) is 30.6 Å². The molecule has 0 fully saturated rings. The van der Waals surface area contributed by atoms with E-state index in [4.69, 9.17) is 5.14 Å². The molecule has 2 aromatic rings. The Balaban J connectivity index is 2.29. The van der Waals surface area contributed by atoms with Crippen molar-refractivity contribution in [2.75, 3.05) is 0 Å². The first kappa shape index (κ1) is 21.6. The third kappa shape index (κ3) is 5.63. The second kappa shape index (κ2) is 7.71. The van der Waals surface area contributed by atoms with Crippen molar-refractivity contribution in [3.63, 3.8) is 0 Å². The van der Waals surface area contributed by atoms with Crippen molar-refractivity contribution in [2.24, 2.45) is 10.6 Å². The number of rotatable bonds is 4. The Morgan fingerprint density at radius 1 is 1.04 bits per heavy atom. The van der Waals surface area contributed by atoms with Crippen LogP contribution >= 0.6 is 0 Å². The number of benzene rings is 1. The Morgan fingerprint density at radius 3 is 2.14 bits per heavy atom. The highest BCUT2D eigenvalue weighted by Gasteiger charge is 2.26. The molecule has 0 aliphatic heterocycles. The SMILES string of the molecule is CC(C)(C)C#Cc1ccc(C(=O)NS(=O)(=O)c2ccccc2S(N)(=O)=O)nc1. The molecule has 1 aromatic carbocycles. The van der Waals surface area contributed by atoms with Crippen LogP contribution in [-0.4, -0.2) is 27.7 Å². The van der Waals surface area contributed by atoms with Crippen LogP contribution in [0.15, 0.2) is 52.4 Å². The smallest absolute Gasteiger partial charge is 0.266 e. The number of hydrogen-bond donors (Lipinski definition) is 2. The molecule has 0 radical (unpaired) electrons. The van der Waals surface area contributed by atoms with E-state index in [1.54, 1.807) is 4.72 Å². The van der Waals surface area contributed by atoms with Crippen LogP contribution in [0.1, 0.15) is 36.8 Å². The van der Waals surface area contributed by atoms with Gasteiger partial charge in [-0.25, -0.2) is 31.7 Å². The molecule has 3 N–H and O–H groups in total. The minimum Gasteiger partial charge on any atom is -0.266 e. The second-order valence-electron chi connectivity index (χ2n) is 6.86.